The first-order chi connectivity index (χ1) is 12.6. The van der Waals surface area contributed by atoms with E-state index in [9.17, 15) is 13.2 Å². The molecular formula is C20H26N2O4S. The van der Waals surface area contributed by atoms with Gasteiger partial charge in [0.15, 0.2) is 0 Å². The lowest BCUT2D eigenvalue weighted by atomic mass is 10.1. The molecular weight excluding hydrogens is 364 g/mol. The van der Waals surface area contributed by atoms with Crippen molar-refractivity contribution < 1.29 is 17.9 Å². The zero-order valence-corrected chi connectivity index (χ0v) is 17.2. The van der Waals surface area contributed by atoms with Gasteiger partial charge in [-0.2, -0.15) is 0 Å². The number of carbonyl (C=O) groups excluding carboxylic acids is 1. The maximum Gasteiger partial charge on any atom is 0.242 e. The highest BCUT2D eigenvalue weighted by atomic mass is 32.2. The molecule has 7 heteroatoms. The number of rotatable bonds is 7. The monoisotopic (exact) mass is 390 g/mol. The maximum atomic E-state index is 12.3. The molecule has 1 amide bonds. The normalized spacial score (nSPS) is 11.5. The van der Waals surface area contributed by atoms with Crippen LogP contribution in [0.25, 0.3) is 0 Å². The van der Waals surface area contributed by atoms with Crippen molar-refractivity contribution in [2.45, 2.75) is 31.6 Å². The van der Waals surface area contributed by atoms with Gasteiger partial charge in [0, 0.05) is 26.2 Å². The summed E-state index contributed by atoms with van der Waals surface area (Å²) in [7, 11) is 0.944. The van der Waals surface area contributed by atoms with Crippen LogP contribution in [0.1, 0.15) is 23.1 Å². The summed E-state index contributed by atoms with van der Waals surface area (Å²) in [5, 5.41) is 2.87. The summed E-state index contributed by atoms with van der Waals surface area (Å²) in [4.78, 5) is 12.5. The van der Waals surface area contributed by atoms with Gasteiger partial charge >= 0.3 is 0 Å². The zero-order chi connectivity index (χ0) is 20.2. The number of ether oxygens (including phenoxy) is 1. The Balaban J connectivity index is 2.13. The molecule has 6 nitrogen and oxygen atoms in total. The predicted molar refractivity (Wildman–Crippen MR) is 107 cm³/mol. The first-order valence-corrected chi connectivity index (χ1v) is 10.1. The fourth-order valence-electron chi connectivity index (χ4n) is 2.61. The van der Waals surface area contributed by atoms with Gasteiger partial charge in [0.2, 0.25) is 15.9 Å². The summed E-state index contributed by atoms with van der Waals surface area (Å²) >= 11 is 0. The second kappa shape index (κ2) is 8.54. The Kier molecular flexibility index (Phi) is 6.62. The van der Waals surface area contributed by atoms with Gasteiger partial charge in [-0.25, -0.2) is 12.7 Å². The molecule has 0 radical (unpaired) electrons. The Morgan fingerprint density at radius 2 is 1.78 bits per heavy atom. The van der Waals surface area contributed by atoms with Crippen molar-refractivity contribution in [1.82, 2.24) is 4.31 Å². The maximum absolute atomic E-state index is 12.3. The second-order valence-electron chi connectivity index (χ2n) is 6.61. The van der Waals surface area contributed by atoms with Crippen LogP contribution in [-0.2, 0) is 21.2 Å². The second-order valence-corrected chi connectivity index (χ2v) is 8.76. The van der Waals surface area contributed by atoms with Crippen LogP contribution in [0, 0.1) is 13.8 Å². The first-order valence-electron chi connectivity index (χ1n) is 8.61. The minimum atomic E-state index is -3.54. The van der Waals surface area contributed by atoms with Crippen molar-refractivity contribution in [2.24, 2.45) is 0 Å². The number of amides is 1. The fraction of sp³-hybridized carbons (Fsp3) is 0.350. The Morgan fingerprint density at radius 1 is 1.07 bits per heavy atom. The number of hydrogen-bond acceptors (Lipinski definition) is 4. The molecule has 0 aliphatic carbocycles. The summed E-state index contributed by atoms with van der Waals surface area (Å²) in [5.41, 5.74) is 3.70. The summed E-state index contributed by atoms with van der Waals surface area (Å²) < 4.78 is 31.1. The van der Waals surface area contributed by atoms with E-state index >= 15 is 0 Å². The lowest BCUT2D eigenvalue weighted by molar-refractivity contribution is -0.116. The van der Waals surface area contributed by atoms with E-state index in [-0.39, 0.29) is 17.2 Å². The minimum absolute atomic E-state index is 0.138. The Morgan fingerprint density at radius 3 is 2.37 bits per heavy atom. The van der Waals surface area contributed by atoms with Gasteiger partial charge in [0.25, 0.3) is 0 Å². The topological polar surface area (TPSA) is 75.7 Å². The highest BCUT2D eigenvalue weighted by Gasteiger charge is 2.19. The molecule has 0 unspecified atom stereocenters. The first kappa shape index (κ1) is 20.9. The molecule has 0 atom stereocenters. The van der Waals surface area contributed by atoms with E-state index in [1.165, 1.54) is 27.3 Å². The van der Waals surface area contributed by atoms with Crippen LogP contribution in [0.2, 0.25) is 0 Å². The van der Waals surface area contributed by atoms with E-state index in [0.29, 0.717) is 17.7 Å². The zero-order valence-electron chi connectivity index (χ0n) is 16.4. The van der Waals surface area contributed by atoms with Crippen LogP contribution in [0.5, 0.6) is 5.75 Å². The molecule has 0 aliphatic rings. The number of nitrogens with one attached hydrogen (secondary N) is 1. The molecule has 27 heavy (non-hydrogen) atoms. The van der Waals surface area contributed by atoms with E-state index < -0.39 is 10.0 Å². The van der Waals surface area contributed by atoms with Gasteiger partial charge in [-0.15, -0.1) is 0 Å². The van der Waals surface area contributed by atoms with Crippen molar-refractivity contribution in [1.29, 1.82) is 0 Å². The number of benzene rings is 2. The number of carbonyl (C=O) groups is 1. The summed E-state index contributed by atoms with van der Waals surface area (Å²) in [6.45, 7) is 4.01. The predicted octanol–water partition coefficient (Wildman–Crippen LogP) is 3.13. The quantitative estimate of drug-likeness (QED) is 0.788. The molecule has 0 saturated carbocycles. The smallest absolute Gasteiger partial charge is 0.242 e. The molecule has 0 fully saturated rings. The average Bonchev–Trinajstić information content (AvgIpc) is 2.62. The molecule has 0 bridgehead atoms. The molecule has 2 rings (SSSR count). The highest BCUT2D eigenvalue weighted by Crippen LogP contribution is 2.25. The molecule has 0 saturated heterocycles. The molecule has 0 aromatic heterocycles. The van der Waals surface area contributed by atoms with Crippen molar-refractivity contribution in [3.63, 3.8) is 0 Å². The molecule has 0 spiro atoms. The third-order valence-corrected chi connectivity index (χ3v) is 6.25. The lowest BCUT2D eigenvalue weighted by Gasteiger charge is -2.14. The van der Waals surface area contributed by atoms with E-state index in [0.717, 1.165) is 21.1 Å². The minimum Gasteiger partial charge on any atom is -0.496 e. The Labute approximate surface area is 161 Å². The third-order valence-electron chi connectivity index (χ3n) is 4.44. The van der Waals surface area contributed by atoms with Crippen LogP contribution in [0.3, 0.4) is 0 Å². The molecule has 0 heterocycles. The van der Waals surface area contributed by atoms with Gasteiger partial charge < -0.3 is 10.1 Å². The van der Waals surface area contributed by atoms with Crippen LogP contribution >= 0.6 is 0 Å². The standard InChI is InChI=1S/C20H26N2O4S/c1-14-6-8-17(12-15(14)2)21-20(23)11-7-16-13-18(9-10-19(16)26-5)27(24,25)22(3)4/h6,8-10,12-13H,7,11H2,1-5H3,(H,21,23). The number of nitrogens with zero attached hydrogens (tertiary/aromatic N) is 1. The van der Waals surface area contributed by atoms with Crippen molar-refractivity contribution in [2.75, 3.05) is 26.5 Å². The van der Waals surface area contributed by atoms with E-state index in [1.807, 2.05) is 32.0 Å². The average molecular weight is 391 g/mol. The lowest BCUT2D eigenvalue weighted by Crippen LogP contribution is -2.22. The number of aryl methyl sites for hydroxylation is 3. The number of methoxy groups -OCH3 is 1. The van der Waals surface area contributed by atoms with Crippen molar-refractivity contribution >= 4 is 21.6 Å². The van der Waals surface area contributed by atoms with Gasteiger partial charge in [-0.3, -0.25) is 4.79 Å². The molecule has 0 aliphatic heterocycles. The number of hydrogen-bond donors (Lipinski definition) is 1. The summed E-state index contributed by atoms with van der Waals surface area (Å²) in [5.74, 6) is 0.424. The molecule has 1 N–H and O–H groups in total. The molecule has 2 aromatic carbocycles. The summed E-state index contributed by atoms with van der Waals surface area (Å²) in [6, 6.07) is 10.4. The van der Waals surface area contributed by atoms with Gasteiger partial charge in [0.1, 0.15) is 5.75 Å². The van der Waals surface area contributed by atoms with Gasteiger partial charge in [0.05, 0.1) is 12.0 Å². The Bertz CT molecular complexity index is 937. The van der Waals surface area contributed by atoms with E-state index in [2.05, 4.69) is 5.32 Å². The molecule has 2 aromatic rings. The third kappa shape index (κ3) is 5.08. The van der Waals surface area contributed by atoms with Crippen molar-refractivity contribution in [3.05, 3.63) is 53.1 Å². The van der Waals surface area contributed by atoms with Crippen LogP contribution in [-0.4, -0.2) is 39.8 Å². The highest BCUT2D eigenvalue weighted by molar-refractivity contribution is 7.89. The van der Waals surface area contributed by atoms with Crippen LogP contribution < -0.4 is 10.1 Å². The number of sulfonamides is 1. The van der Waals surface area contributed by atoms with E-state index in [1.54, 1.807) is 12.1 Å². The van der Waals surface area contributed by atoms with E-state index in [4.69, 9.17) is 4.74 Å². The number of anilines is 1. The molecule has 146 valence electrons. The summed E-state index contributed by atoms with van der Waals surface area (Å²) in [6.07, 6.45) is 0.589. The SMILES string of the molecule is COc1ccc(S(=O)(=O)N(C)C)cc1CCC(=O)Nc1ccc(C)c(C)c1. The largest absolute Gasteiger partial charge is 0.496 e. The Hall–Kier alpha value is -2.38. The van der Waals surface area contributed by atoms with Gasteiger partial charge in [-0.05, 0) is 67.3 Å². The van der Waals surface area contributed by atoms with Crippen molar-refractivity contribution in [3.8, 4) is 5.75 Å². The van der Waals surface area contributed by atoms with Gasteiger partial charge in [-0.1, -0.05) is 6.07 Å². The van der Waals surface area contributed by atoms with Crippen LogP contribution in [0.4, 0.5) is 5.69 Å². The van der Waals surface area contributed by atoms with Crippen LogP contribution in [0.15, 0.2) is 41.3 Å². The fourth-order valence-corrected chi connectivity index (χ4v) is 3.57.